The number of carbonyl (C=O) groups is 2. The van der Waals surface area contributed by atoms with Crippen LogP contribution in [-0.2, 0) is 9.53 Å². The van der Waals surface area contributed by atoms with Crippen molar-refractivity contribution in [1.82, 2.24) is 0 Å². The van der Waals surface area contributed by atoms with Crippen molar-refractivity contribution in [2.45, 2.75) is 32.8 Å². The Hall–Kier alpha value is -1.64. The normalized spacial score (nSPS) is 10.2. The quantitative estimate of drug-likeness (QED) is 0.566. The predicted molar refractivity (Wildman–Crippen MR) is 61.2 cm³/mol. The lowest BCUT2D eigenvalue weighted by atomic mass is 10.1. The van der Waals surface area contributed by atoms with Crippen molar-refractivity contribution in [3.63, 3.8) is 0 Å². The fraction of sp³-hybridized carbons (Fsp3) is 0.385. The first-order valence-electron chi connectivity index (χ1n) is 5.37. The second-order valence-corrected chi connectivity index (χ2v) is 3.83. The van der Waals surface area contributed by atoms with Gasteiger partial charge in [0.15, 0.2) is 5.78 Å². The van der Waals surface area contributed by atoms with Crippen LogP contribution in [0.5, 0.6) is 0 Å². The van der Waals surface area contributed by atoms with E-state index in [-0.39, 0.29) is 30.7 Å². The zero-order valence-electron chi connectivity index (χ0n) is 9.60. The average Bonchev–Trinajstić information content (AvgIpc) is 2.26. The minimum absolute atomic E-state index is 0.0266. The van der Waals surface area contributed by atoms with E-state index < -0.39 is 0 Å². The van der Waals surface area contributed by atoms with Gasteiger partial charge in [0.1, 0.15) is 0 Å². The van der Waals surface area contributed by atoms with Gasteiger partial charge in [-0.2, -0.15) is 0 Å². The van der Waals surface area contributed by atoms with Gasteiger partial charge in [-0.3, -0.25) is 9.59 Å². The van der Waals surface area contributed by atoms with Crippen molar-refractivity contribution in [3.8, 4) is 0 Å². The Balaban J connectivity index is 2.39. The van der Waals surface area contributed by atoms with Crippen molar-refractivity contribution in [3.05, 3.63) is 35.9 Å². The maximum Gasteiger partial charge on any atom is 0.306 e. The van der Waals surface area contributed by atoms with Crippen LogP contribution in [-0.4, -0.2) is 17.9 Å². The van der Waals surface area contributed by atoms with Crippen LogP contribution < -0.4 is 0 Å². The highest BCUT2D eigenvalue weighted by Gasteiger charge is 2.10. The molecule has 0 saturated carbocycles. The lowest BCUT2D eigenvalue weighted by Crippen LogP contribution is -2.12. The number of benzene rings is 1. The van der Waals surface area contributed by atoms with Crippen LogP contribution in [0.3, 0.4) is 0 Å². The fourth-order valence-corrected chi connectivity index (χ4v) is 1.31. The van der Waals surface area contributed by atoms with Gasteiger partial charge in [-0.15, -0.1) is 0 Å². The SMILES string of the molecule is CC(C)OC(=O)CCC(=O)c1ccccc1. The van der Waals surface area contributed by atoms with Crippen molar-refractivity contribution >= 4 is 11.8 Å². The number of rotatable bonds is 5. The third-order valence-corrected chi connectivity index (χ3v) is 2.02. The number of esters is 1. The van der Waals surface area contributed by atoms with Crippen LogP contribution in [0, 0.1) is 0 Å². The lowest BCUT2D eigenvalue weighted by molar-refractivity contribution is -0.147. The highest BCUT2D eigenvalue weighted by molar-refractivity contribution is 5.97. The van der Waals surface area contributed by atoms with Gasteiger partial charge in [-0.05, 0) is 13.8 Å². The van der Waals surface area contributed by atoms with Gasteiger partial charge in [0.25, 0.3) is 0 Å². The van der Waals surface area contributed by atoms with Crippen LogP contribution in [0.15, 0.2) is 30.3 Å². The first-order chi connectivity index (χ1) is 7.59. The van der Waals surface area contributed by atoms with Gasteiger partial charge in [0.2, 0.25) is 0 Å². The molecule has 3 nitrogen and oxygen atoms in total. The Morgan fingerprint density at radius 2 is 1.75 bits per heavy atom. The Bertz CT molecular complexity index is 355. The van der Waals surface area contributed by atoms with Gasteiger partial charge >= 0.3 is 5.97 Å². The number of carbonyl (C=O) groups excluding carboxylic acids is 2. The predicted octanol–water partition coefficient (Wildman–Crippen LogP) is 2.60. The highest BCUT2D eigenvalue weighted by Crippen LogP contribution is 2.06. The van der Waals surface area contributed by atoms with E-state index in [2.05, 4.69) is 0 Å². The minimum atomic E-state index is -0.320. The minimum Gasteiger partial charge on any atom is -0.463 e. The molecular weight excluding hydrogens is 204 g/mol. The summed E-state index contributed by atoms with van der Waals surface area (Å²) < 4.78 is 4.95. The van der Waals surface area contributed by atoms with Crippen LogP contribution in [0.2, 0.25) is 0 Å². The molecule has 16 heavy (non-hydrogen) atoms. The molecule has 0 aliphatic rings. The third-order valence-electron chi connectivity index (χ3n) is 2.02. The average molecular weight is 220 g/mol. The molecule has 0 bridgehead atoms. The van der Waals surface area contributed by atoms with Gasteiger partial charge in [-0.25, -0.2) is 0 Å². The molecule has 0 N–H and O–H groups in total. The van der Waals surface area contributed by atoms with Crippen LogP contribution in [0.1, 0.15) is 37.0 Å². The van der Waals surface area contributed by atoms with Gasteiger partial charge in [0, 0.05) is 12.0 Å². The molecule has 0 radical (unpaired) electrons. The van der Waals surface area contributed by atoms with Gasteiger partial charge in [0.05, 0.1) is 12.5 Å². The number of ether oxygens (including phenoxy) is 1. The van der Waals surface area contributed by atoms with Gasteiger partial charge < -0.3 is 4.74 Å². The molecule has 0 aliphatic carbocycles. The first-order valence-corrected chi connectivity index (χ1v) is 5.37. The molecule has 86 valence electrons. The summed E-state index contributed by atoms with van der Waals surface area (Å²) >= 11 is 0. The van der Waals surface area contributed by atoms with E-state index in [1.165, 1.54) is 0 Å². The molecule has 1 aromatic rings. The van der Waals surface area contributed by atoms with E-state index in [4.69, 9.17) is 4.74 Å². The summed E-state index contributed by atoms with van der Waals surface area (Å²) in [5.74, 6) is -0.347. The lowest BCUT2D eigenvalue weighted by Gasteiger charge is -2.07. The topological polar surface area (TPSA) is 43.4 Å². The largest absolute Gasteiger partial charge is 0.463 e. The second kappa shape index (κ2) is 6.05. The summed E-state index contributed by atoms with van der Waals surface area (Å²) in [7, 11) is 0. The van der Waals surface area contributed by atoms with E-state index >= 15 is 0 Å². The molecule has 0 heterocycles. The van der Waals surface area contributed by atoms with Crippen LogP contribution in [0.25, 0.3) is 0 Å². The molecule has 0 aliphatic heterocycles. The van der Waals surface area contributed by atoms with E-state index in [0.717, 1.165) is 0 Å². The molecule has 3 heteroatoms. The molecule has 0 fully saturated rings. The standard InChI is InChI=1S/C13H16O3/c1-10(2)16-13(15)9-8-12(14)11-6-4-3-5-7-11/h3-7,10H,8-9H2,1-2H3. The summed E-state index contributed by atoms with van der Waals surface area (Å²) in [5, 5.41) is 0. The van der Waals surface area contributed by atoms with Crippen LogP contribution >= 0.6 is 0 Å². The number of hydrogen-bond donors (Lipinski definition) is 0. The molecule has 0 amide bonds. The summed E-state index contributed by atoms with van der Waals surface area (Å²) in [4.78, 5) is 22.8. The Morgan fingerprint density at radius 1 is 1.12 bits per heavy atom. The molecule has 0 aromatic heterocycles. The molecule has 1 aromatic carbocycles. The Kier molecular flexibility index (Phi) is 4.70. The molecule has 0 atom stereocenters. The molecular formula is C13H16O3. The Morgan fingerprint density at radius 3 is 2.31 bits per heavy atom. The number of ketones is 1. The monoisotopic (exact) mass is 220 g/mol. The molecule has 0 saturated heterocycles. The Labute approximate surface area is 95.4 Å². The maximum absolute atomic E-state index is 11.6. The van der Waals surface area contributed by atoms with Crippen LogP contribution in [0.4, 0.5) is 0 Å². The van der Waals surface area contributed by atoms with E-state index in [1.54, 1.807) is 38.1 Å². The van der Waals surface area contributed by atoms with Crippen molar-refractivity contribution in [2.24, 2.45) is 0 Å². The van der Waals surface area contributed by atoms with Crippen molar-refractivity contribution < 1.29 is 14.3 Å². The third kappa shape index (κ3) is 4.26. The fourth-order valence-electron chi connectivity index (χ4n) is 1.31. The second-order valence-electron chi connectivity index (χ2n) is 3.83. The first kappa shape index (κ1) is 12.4. The van der Waals surface area contributed by atoms with Crippen molar-refractivity contribution in [1.29, 1.82) is 0 Å². The van der Waals surface area contributed by atoms with E-state index in [0.29, 0.717) is 5.56 Å². The smallest absolute Gasteiger partial charge is 0.306 e. The summed E-state index contributed by atoms with van der Waals surface area (Å²) in [6.45, 7) is 3.58. The highest BCUT2D eigenvalue weighted by atomic mass is 16.5. The van der Waals surface area contributed by atoms with Gasteiger partial charge in [-0.1, -0.05) is 30.3 Å². The number of Topliss-reactive ketones (excluding diaryl/α,β-unsaturated/α-hetero) is 1. The summed E-state index contributed by atoms with van der Waals surface area (Å²) in [5.41, 5.74) is 0.639. The maximum atomic E-state index is 11.6. The zero-order chi connectivity index (χ0) is 12.0. The van der Waals surface area contributed by atoms with Crippen molar-refractivity contribution in [2.75, 3.05) is 0 Å². The van der Waals surface area contributed by atoms with E-state index in [1.807, 2.05) is 6.07 Å². The zero-order valence-corrected chi connectivity index (χ0v) is 9.60. The summed E-state index contributed by atoms with van der Waals surface area (Å²) in [6, 6.07) is 8.95. The molecule has 0 spiro atoms. The molecule has 1 rings (SSSR count). The van der Waals surface area contributed by atoms with E-state index in [9.17, 15) is 9.59 Å². The number of hydrogen-bond acceptors (Lipinski definition) is 3. The molecule has 0 unspecified atom stereocenters. The summed E-state index contributed by atoms with van der Waals surface area (Å²) in [6.07, 6.45) is 0.223.